The van der Waals surface area contributed by atoms with Crippen LogP contribution < -0.4 is 4.74 Å². The van der Waals surface area contributed by atoms with E-state index < -0.39 is 5.97 Å². The number of nitrogens with zero attached hydrogens (tertiary/aromatic N) is 1. The van der Waals surface area contributed by atoms with Gasteiger partial charge in [-0.25, -0.2) is 9.78 Å². The normalized spacial score (nSPS) is 11.1. The van der Waals surface area contributed by atoms with Crippen LogP contribution in [0.15, 0.2) is 72.8 Å². The van der Waals surface area contributed by atoms with Gasteiger partial charge in [-0.2, -0.15) is 0 Å². The molecule has 0 atom stereocenters. The Balaban J connectivity index is 1.70. The Morgan fingerprint density at radius 1 is 0.970 bits per heavy atom. The third-order valence-electron chi connectivity index (χ3n) is 5.84. The number of rotatable bonds is 5. The number of ether oxygens (including phenoxy) is 2. The molecule has 0 radical (unpaired) electrons. The fourth-order valence-corrected chi connectivity index (χ4v) is 5.27. The molecular formula is C28H23NO3S. The first-order chi connectivity index (χ1) is 16.1. The maximum Gasteiger partial charge on any atom is 0.338 e. The Morgan fingerprint density at radius 2 is 1.73 bits per heavy atom. The van der Waals surface area contributed by atoms with Gasteiger partial charge in [0, 0.05) is 4.70 Å². The van der Waals surface area contributed by atoms with E-state index in [-0.39, 0.29) is 0 Å². The topological polar surface area (TPSA) is 48.4 Å². The van der Waals surface area contributed by atoms with Gasteiger partial charge in [-0.15, -0.1) is 11.3 Å². The molecule has 0 aliphatic carbocycles. The predicted molar refractivity (Wildman–Crippen MR) is 134 cm³/mol. The van der Waals surface area contributed by atoms with Crippen LogP contribution in [-0.2, 0) is 11.3 Å². The highest BCUT2D eigenvalue weighted by molar-refractivity contribution is 7.22. The fourth-order valence-electron chi connectivity index (χ4n) is 4.10. The van der Waals surface area contributed by atoms with Crippen molar-refractivity contribution in [1.82, 2.24) is 4.98 Å². The van der Waals surface area contributed by atoms with Crippen molar-refractivity contribution in [3.05, 3.63) is 95.1 Å². The highest BCUT2D eigenvalue weighted by Crippen LogP contribution is 2.40. The summed E-state index contributed by atoms with van der Waals surface area (Å²) in [5.41, 5.74) is 5.16. The van der Waals surface area contributed by atoms with Gasteiger partial charge in [-0.3, -0.25) is 0 Å². The molecule has 5 rings (SSSR count). The molecule has 0 N–H and O–H groups in total. The quantitative estimate of drug-likeness (QED) is 0.266. The molecule has 2 heterocycles. The van der Waals surface area contributed by atoms with E-state index in [0.717, 1.165) is 32.8 Å². The lowest BCUT2D eigenvalue weighted by Gasteiger charge is -2.15. The zero-order valence-corrected chi connectivity index (χ0v) is 19.5. The number of carbonyl (C=O) groups is 1. The van der Waals surface area contributed by atoms with E-state index in [2.05, 4.69) is 19.1 Å². The fraction of sp³-hybridized carbons (Fsp3) is 0.143. The van der Waals surface area contributed by atoms with Crippen molar-refractivity contribution in [1.29, 1.82) is 0 Å². The van der Waals surface area contributed by atoms with E-state index in [1.807, 2.05) is 67.6 Å². The number of methoxy groups -OCH3 is 1. The molecular weight excluding hydrogens is 430 g/mol. The molecule has 0 bridgehead atoms. The Morgan fingerprint density at radius 3 is 2.48 bits per heavy atom. The zero-order chi connectivity index (χ0) is 22.9. The summed E-state index contributed by atoms with van der Waals surface area (Å²) in [6.07, 6.45) is 0. The van der Waals surface area contributed by atoms with Crippen LogP contribution in [0.5, 0.6) is 5.75 Å². The highest BCUT2D eigenvalue weighted by Gasteiger charge is 2.21. The molecule has 0 aliphatic rings. The van der Waals surface area contributed by atoms with E-state index in [4.69, 9.17) is 14.5 Å². The number of aromatic nitrogens is 1. The van der Waals surface area contributed by atoms with Crippen molar-refractivity contribution in [2.24, 2.45) is 0 Å². The average molecular weight is 454 g/mol. The maximum atomic E-state index is 12.9. The zero-order valence-electron chi connectivity index (χ0n) is 18.7. The minimum Gasteiger partial charge on any atom is -0.488 e. The van der Waals surface area contributed by atoms with Gasteiger partial charge < -0.3 is 9.47 Å². The van der Waals surface area contributed by atoms with E-state index in [1.54, 1.807) is 11.3 Å². The molecule has 33 heavy (non-hydrogen) atoms. The second-order valence-electron chi connectivity index (χ2n) is 7.98. The number of hydrogen-bond acceptors (Lipinski definition) is 5. The summed E-state index contributed by atoms with van der Waals surface area (Å²) < 4.78 is 12.5. The van der Waals surface area contributed by atoms with Crippen LogP contribution >= 0.6 is 11.3 Å². The predicted octanol–water partition coefficient (Wildman–Crippen LogP) is 7.10. The number of aryl methyl sites for hydroxylation is 2. The monoisotopic (exact) mass is 453 g/mol. The first kappa shape index (κ1) is 21.2. The van der Waals surface area contributed by atoms with E-state index in [1.165, 1.54) is 17.2 Å². The molecule has 0 saturated heterocycles. The maximum absolute atomic E-state index is 12.9. The van der Waals surface area contributed by atoms with Crippen LogP contribution in [0.4, 0.5) is 0 Å². The Labute approximate surface area is 196 Å². The molecule has 0 saturated carbocycles. The molecule has 4 nitrogen and oxygen atoms in total. The first-order valence-corrected chi connectivity index (χ1v) is 11.6. The lowest BCUT2D eigenvalue weighted by Crippen LogP contribution is -2.06. The van der Waals surface area contributed by atoms with E-state index in [9.17, 15) is 4.79 Å². The minimum atomic E-state index is -0.405. The number of benzene rings is 3. The van der Waals surface area contributed by atoms with Crippen LogP contribution in [0.1, 0.15) is 27.0 Å². The van der Waals surface area contributed by atoms with Gasteiger partial charge >= 0.3 is 5.97 Å². The summed E-state index contributed by atoms with van der Waals surface area (Å²) in [5, 5.41) is 1.89. The Bertz CT molecular complexity index is 1490. The lowest BCUT2D eigenvalue weighted by molar-refractivity contribution is 0.0602. The van der Waals surface area contributed by atoms with Gasteiger partial charge in [-0.1, -0.05) is 54.6 Å². The van der Waals surface area contributed by atoms with Crippen molar-refractivity contribution < 1.29 is 14.3 Å². The summed E-state index contributed by atoms with van der Waals surface area (Å²) in [7, 11) is 1.40. The second kappa shape index (κ2) is 8.68. The smallest absolute Gasteiger partial charge is 0.338 e. The molecule has 0 fully saturated rings. The third-order valence-corrected chi connectivity index (χ3v) is 7.14. The molecule has 0 amide bonds. The third kappa shape index (κ3) is 3.85. The second-order valence-corrected chi connectivity index (χ2v) is 9.03. The van der Waals surface area contributed by atoms with E-state index in [0.29, 0.717) is 23.3 Å². The van der Waals surface area contributed by atoms with Crippen LogP contribution in [0.25, 0.3) is 31.6 Å². The molecule has 2 aromatic heterocycles. The minimum absolute atomic E-state index is 0.400. The number of carbonyl (C=O) groups excluding carboxylic acids is 1. The Kier molecular flexibility index (Phi) is 5.56. The van der Waals surface area contributed by atoms with Crippen molar-refractivity contribution in [3.63, 3.8) is 0 Å². The molecule has 0 spiro atoms. The van der Waals surface area contributed by atoms with Crippen molar-refractivity contribution >= 4 is 38.3 Å². The highest BCUT2D eigenvalue weighted by atomic mass is 32.1. The van der Waals surface area contributed by atoms with Gasteiger partial charge in [0.25, 0.3) is 0 Å². The van der Waals surface area contributed by atoms with Crippen LogP contribution in [0, 0.1) is 13.8 Å². The SMILES string of the molecule is COC(=O)c1cc(-c2sc3ccccc3c2C)nc2c(C)ccc(OCc3ccccc3)c12. The summed E-state index contributed by atoms with van der Waals surface area (Å²) >= 11 is 1.69. The number of esters is 1. The number of hydrogen-bond donors (Lipinski definition) is 0. The van der Waals surface area contributed by atoms with Gasteiger partial charge in [-0.05, 0) is 54.1 Å². The van der Waals surface area contributed by atoms with Gasteiger partial charge in [0.1, 0.15) is 12.4 Å². The van der Waals surface area contributed by atoms with Gasteiger partial charge in [0.15, 0.2) is 0 Å². The number of thiophene rings is 1. The molecule has 0 unspecified atom stereocenters. The van der Waals surface area contributed by atoms with Crippen LogP contribution in [0.2, 0.25) is 0 Å². The molecule has 0 aliphatic heterocycles. The van der Waals surface area contributed by atoms with Crippen LogP contribution in [0.3, 0.4) is 0 Å². The molecule has 3 aromatic carbocycles. The number of pyridine rings is 1. The van der Waals surface area contributed by atoms with Crippen LogP contribution in [-0.4, -0.2) is 18.1 Å². The van der Waals surface area contributed by atoms with Crippen molar-refractivity contribution in [2.75, 3.05) is 7.11 Å². The summed E-state index contributed by atoms with van der Waals surface area (Å²) in [5.74, 6) is 0.213. The van der Waals surface area contributed by atoms with Gasteiger partial charge in [0.05, 0.1) is 34.1 Å². The largest absolute Gasteiger partial charge is 0.488 e. The van der Waals surface area contributed by atoms with Gasteiger partial charge in [0.2, 0.25) is 0 Å². The molecule has 5 heteroatoms. The number of fused-ring (bicyclic) bond motifs is 2. The summed E-state index contributed by atoms with van der Waals surface area (Å²) in [6, 6.07) is 24.0. The molecule has 5 aromatic rings. The lowest BCUT2D eigenvalue weighted by atomic mass is 10.0. The Hall–Kier alpha value is -3.70. The van der Waals surface area contributed by atoms with Crippen molar-refractivity contribution in [3.8, 4) is 16.3 Å². The van der Waals surface area contributed by atoms with E-state index >= 15 is 0 Å². The first-order valence-electron chi connectivity index (χ1n) is 10.7. The summed E-state index contributed by atoms with van der Waals surface area (Å²) in [6.45, 7) is 4.50. The summed E-state index contributed by atoms with van der Waals surface area (Å²) in [4.78, 5) is 19.0. The molecule has 164 valence electrons. The average Bonchev–Trinajstić information content (AvgIpc) is 3.20. The van der Waals surface area contributed by atoms with Crippen molar-refractivity contribution in [2.45, 2.75) is 20.5 Å². The standard InChI is InChI=1S/C28H23NO3S/c1-17-13-14-23(32-16-19-9-5-4-6-10-19)25-21(28(30)31-3)15-22(29-26(17)25)27-18(2)20-11-7-8-12-24(20)33-27/h4-15H,16H2,1-3H3.